The molecule has 1 aliphatic rings. The van der Waals surface area contributed by atoms with Crippen molar-refractivity contribution in [1.29, 1.82) is 0 Å². The number of nitrogens with one attached hydrogen (secondary N) is 1. The van der Waals surface area contributed by atoms with Gasteiger partial charge in [0.1, 0.15) is 13.2 Å². The van der Waals surface area contributed by atoms with Crippen molar-refractivity contribution in [3.8, 4) is 17.2 Å². The van der Waals surface area contributed by atoms with E-state index in [0.717, 1.165) is 38.6 Å². The van der Waals surface area contributed by atoms with Crippen LogP contribution in [0.15, 0.2) is 46.9 Å². The molecule has 0 bridgehead atoms. The minimum atomic E-state index is -0.129. The van der Waals surface area contributed by atoms with Crippen molar-refractivity contribution in [2.45, 2.75) is 20.4 Å². The number of aryl methyl sites for hydroxylation is 1. The van der Waals surface area contributed by atoms with E-state index in [9.17, 15) is 4.79 Å². The molecule has 2 heterocycles. The molecule has 7 heteroatoms. The summed E-state index contributed by atoms with van der Waals surface area (Å²) in [6, 6.07) is 13.1. The fraction of sp³-hybridized carbons (Fsp3) is 0.238. The highest BCUT2D eigenvalue weighted by Crippen LogP contribution is 2.30. The third-order valence-electron chi connectivity index (χ3n) is 4.64. The van der Waals surface area contributed by atoms with E-state index < -0.39 is 0 Å². The lowest BCUT2D eigenvalue weighted by Crippen LogP contribution is -2.23. The Morgan fingerprint density at radius 2 is 1.82 bits per heavy atom. The van der Waals surface area contributed by atoms with E-state index in [1.807, 2.05) is 48.9 Å². The van der Waals surface area contributed by atoms with Crippen LogP contribution in [0.2, 0.25) is 0 Å². The van der Waals surface area contributed by atoms with Gasteiger partial charge >= 0.3 is 0 Å². The molecule has 4 rings (SSSR count). The minimum Gasteiger partial charge on any atom is -0.486 e. The van der Waals surface area contributed by atoms with Gasteiger partial charge < -0.3 is 14.8 Å². The van der Waals surface area contributed by atoms with E-state index in [1.54, 1.807) is 12.1 Å². The highest BCUT2D eigenvalue weighted by Gasteiger charge is 2.13. The molecule has 0 spiro atoms. The fourth-order valence-corrected chi connectivity index (χ4v) is 3.36. The molecule has 2 aromatic carbocycles. The Balaban J connectivity index is 1.43. The van der Waals surface area contributed by atoms with E-state index in [4.69, 9.17) is 9.47 Å². The molecule has 1 aliphatic heterocycles. The smallest absolute Gasteiger partial charge is 0.251 e. The lowest BCUT2D eigenvalue weighted by atomic mass is 10.1. The molecule has 0 fully saturated rings. The van der Waals surface area contributed by atoms with Crippen LogP contribution in [0.3, 0.4) is 0 Å². The first kappa shape index (κ1) is 18.6. The predicted molar refractivity (Wildman–Crippen MR) is 109 cm³/mol. The Hall–Kier alpha value is -2.80. The second-order valence-corrected chi connectivity index (χ2v) is 7.40. The molecule has 6 nitrogen and oxygen atoms in total. The second kappa shape index (κ2) is 7.67. The summed E-state index contributed by atoms with van der Waals surface area (Å²) in [4.78, 5) is 12.5. The molecule has 3 aromatic rings. The topological polar surface area (TPSA) is 65.4 Å². The van der Waals surface area contributed by atoms with Crippen LogP contribution in [0.25, 0.3) is 5.69 Å². The van der Waals surface area contributed by atoms with Crippen LogP contribution in [0.1, 0.15) is 27.3 Å². The van der Waals surface area contributed by atoms with E-state index in [2.05, 4.69) is 26.3 Å². The zero-order valence-electron chi connectivity index (χ0n) is 15.7. The number of hydrogen-bond acceptors (Lipinski definition) is 4. The van der Waals surface area contributed by atoms with Gasteiger partial charge in [-0.25, -0.2) is 4.68 Å². The minimum absolute atomic E-state index is 0.129. The largest absolute Gasteiger partial charge is 0.486 e. The van der Waals surface area contributed by atoms with E-state index >= 15 is 0 Å². The van der Waals surface area contributed by atoms with Gasteiger partial charge in [-0.2, -0.15) is 5.10 Å². The zero-order chi connectivity index (χ0) is 19.7. The van der Waals surface area contributed by atoms with Gasteiger partial charge in [-0.1, -0.05) is 6.07 Å². The Morgan fingerprint density at radius 3 is 2.50 bits per heavy atom. The SMILES string of the molecule is Cc1nn(-c2ccc(C(=O)NCc3ccc4c(c3)OCCO4)cc2)c(C)c1Br. The summed E-state index contributed by atoms with van der Waals surface area (Å²) in [6.45, 7) is 5.47. The lowest BCUT2D eigenvalue weighted by molar-refractivity contribution is 0.0951. The monoisotopic (exact) mass is 441 g/mol. The zero-order valence-corrected chi connectivity index (χ0v) is 17.2. The summed E-state index contributed by atoms with van der Waals surface area (Å²) in [5, 5.41) is 7.45. The molecule has 28 heavy (non-hydrogen) atoms. The number of amides is 1. The van der Waals surface area contributed by atoms with Crippen LogP contribution < -0.4 is 14.8 Å². The Morgan fingerprint density at radius 1 is 1.11 bits per heavy atom. The van der Waals surface area contributed by atoms with Gasteiger partial charge in [0.25, 0.3) is 5.91 Å². The number of carbonyl (C=O) groups is 1. The maximum atomic E-state index is 12.5. The van der Waals surface area contributed by atoms with Crippen molar-refractivity contribution in [1.82, 2.24) is 15.1 Å². The summed E-state index contributed by atoms with van der Waals surface area (Å²) < 4.78 is 13.9. The van der Waals surface area contributed by atoms with Crippen LogP contribution in [0, 0.1) is 13.8 Å². The molecule has 0 atom stereocenters. The third kappa shape index (κ3) is 3.62. The number of carbonyl (C=O) groups excluding carboxylic acids is 1. The van der Waals surface area contributed by atoms with Gasteiger partial charge in [0.15, 0.2) is 11.5 Å². The molecule has 0 unspecified atom stereocenters. The third-order valence-corrected chi connectivity index (χ3v) is 5.78. The number of ether oxygens (including phenoxy) is 2. The van der Waals surface area contributed by atoms with Crippen molar-refractivity contribution in [2.24, 2.45) is 0 Å². The van der Waals surface area contributed by atoms with Gasteiger partial charge in [-0.05, 0) is 71.7 Å². The Kier molecular flexibility index (Phi) is 5.09. The van der Waals surface area contributed by atoms with Crippen LogP contribution in [-0.2, 0) is 6.54 Å². The van der Waals surface area contributed by atoms with Crippen molar-refractivity contribution >= 4 is 21.8 Å². The molecule has 1 N–H and O–H groups in total. The average molecular weight is 442 g/mol. The van der Waals surface area contributed by atoms with Crippen LogP contribution in [-0.4, -0.2) is 28.9 Å². The fourth-order valence-electron chi connectivity index (χ4n) is 3.11. The molecule has 0 aliphatic carbocycles. The van der Waals surface area contributed by atoms with Crippen molar-refractivity contribution < 1.29 is 14.3 Å². The van der Waals surface area contributed by atoms with Crippen LogP contribution in [0.4, 0.5) is 0 Å². The van der Waals surface area contributed by atoms with Gasteiger partial charge in [0, 0.05) is 12.1 Å². The van der Waals surface area contributed by atoms with Gasteiger partial charge in [-0.3, -0.25) is 4.79 Å². The Labute approximate surface area is 171 Å². The Bertz CT molecular complexity index is 1030. The molecule has 1 aromatic heterocycles. The molecule has 0 saturated heterocycles. The summed E-state index contributed by atoms with van der Waals surface area (Å²) in [5.41, 5.74) is 4.42. The molecule has 144 valence electrons. The number of aromatic nitrogens is 2. The quantitative estimate of drug-likeness (QED) is 0.665. The average Bonchev–Trinajstić information content (AvgIpc) is 2.99. The number of nitrogens with zero attached hydrogens (tertiary/aromatic N) is 2. The number of halogens is 1. The van der Waals surface area contributed by atoms with Crippen molar-refractivity contribution in [2.75, 3.05) is 13.2 Å². The normalized spacial score (nSPS) is 12.7. The first-order valence-electron chi connectivity index (χ1n) is 9.02. The second-order valence-electron chi connectivity index (χ2n) is 6.60. The molecular formula is C21H20BrN3O3. The van der Waals surface area contributed by atoms with Gasteiger partial charge in [0.2, 0.25) is 0 Å². The summed E-state index contributed by atoms with van der Waals surface area (Å²) in [7, 11) is 0. The van der Waals surface area contributed by atoms with Crippen LogP contribution in [0.5, 0.6) is 11.5 Å². The summed E-state index contributed by atoms with van der Waals surface area (Å²) in [6.07, 6.45) is 0. The standard InChI is InChI=1S/C21H20BrN3O3/c1-13-20(22)14(2)25(24-13)17-6-4-16(5-7-17)21(26)23-12-15-3-8-18-19(11-15)28-10-9-27-18/h3-8,11H,9-10,12H2,1-2H3,(H,23,26). The van der Waals surface area contributed by atoms with Crippen molar-refractivity contribution in [3.63, 3.8) is 0 Å². The van der Waals surface area contributed by atoms with E-state index in [-0.39, 0.29) is 5.91 Å². The summed E-state index contributed by atoms with van der Waals surface area (Å²) in [5.74, 6) is 1.34. The maximum Gasteiger partial charge on any atom is 0.251 e. The summed E-state index contributed by atoms with van der Waals surface area (Å²) >= 11 is 3.54. The number of benzene rings is 2. The number of fused-ring (bicyclic) bond motifs is 1. The highest BCUT2D eigenvalue weighted by molar-refractivity contribution is 9.10. The lowest BCUT2D eigenvalue weighted by Gasteiger charge is -2.19. The number of rotatable bonds is 4. The number of hydrogen-bond donors (Lipinski definition) is 1. The molecule has 1 amide bonds. The van der Waals surface area contributed by atoms with Crippen molar-refractivity contribution in [3.05, 3.63) is 69.5 Å². The highest BCUT2D eigenvalue weighted by atomic mass is 79.9. The first-order valence-corrected chi connectivity index (χ1v) is 9.81. The van der Waals surface area contributed by atoms with Crippen LogP contribution >= 0.6 is 15.9 Å². The van der Waals surface area contributed by atoms with Gasteiger partial charge in [0.05, 0.1) is 21.5 Å². The molecule has 0 radical (unpaired) electrons. The predicted octanol–water partition coefficient (Wildman–Crippen LogP) is 3.95. The van der Waals surface area contributed by atoms with E-state index in [0.29, 0.717) is 25.3 Å². The molecular weight excluding hydrogens is 422 g/mol. The van der Waals surface area contributed by atoms with E-state index in [1.165, 1.54) is 0 Å². The van der Waals surface area contributed by atoms with Gasteiger partial charge in [-0.15, -0.1) is 0 Å². The molecule has 0 saturated carbocycles. The first-order chi connectivity index (χ1) is 13.5. The maximum absolute atomic E-state index is 12.5.